The van der Waals surface area contributed by atoms with Gasteiger partial charge in [-0.3, -0.25) is 0 Å². The van der Waals surface area contributed by atoms with Crippen molar-refractivity contribution in [2.24, 2.45) is 5.73 Å². The van der Waals surface area contributed by atoms with Gasteiger partial charge in [0.2, 0.25) is 11.7 Å². The van der Waals surface area contributed by atoms with Crippen molar-refractivity contribution in [3.63, 3.8) is 0 Å². The van der Waals surface area contributed by atoms with Crippen LogP contribution in [0.15, 0.2) is 21.6 Å². The van der Waals surface area contributed by atoms with E-state index in [2.05, 4.69) is 10.1 Å². The quantitative estimate of drug-likeness (QED) is 0.838. The number of hydrogen-bond acceptors (Lipinski definition) is 7. The van der Waals surface area contributed by atoms with E-state index in [-0.39, 0.29) is 6.54 Å². The van der Waals surface area contributed by atoms with Crippen LogP contribution < -0.4 is 15.2 Å². The van der Waals surface area contributed by atoms with Crippen LogP contribution in [0, 0.1) is 0 Å². The molecular weight excluding hydrogens is 266 g/mol. The molecule has 102 valence electrons. The predicted octanol–water partition coefficient (Wildman–Crippen LogP) is 1.93. The smallest absolute Gasteiger partial charge is 0.240 e. The maximum absolute atomic E-state index is 5.46. The Kier molecular flexibility index (Phi) is 4.28. The molecule has 1 heterocycles. The highest BCUT2D eigenvalue weighted by Crippen LogP contribution is 2.42. The average molecular weight is 281 g/mol. The van der Waals surface area contributed by atoms with Gasteiger partial charge in [0, 0.05) is 0 Å². The highest BCUT2D eigenvalue weighted by Gasteiger charge is 2.19. The van der Waals surface area contributed by atoms with Gasteiger partial charge < -0.3 is 19.7 Å². The van der Waals surface area contributed by atoms with Crippen LogP contribution in [0.5, 0.6) is 11.5 Å². The zero-order chi connectivity index (χ0) is 13.8. The molecule has 1 aromatic carbocycles. The summed E-state index contributed by atoms with van der Waals surface area (Å²) in [5, 5.41) is 3.89. The van der Waals surface area contributed by atoms with E-state index in [1.54, 1.807) is 26.0 Å². The van der Waals surface area contributed by atoms with Crippen molar-refractivity contribution in [1.82, 2.24) is 10.1 Å². The van der Waals surface area contributed by atoms with Crippen molar-refractivity contribution in [1.29, 1.82) is 0 Å². The van der Waals surface area contributed by atoms with Gasteiger partial charge in [-0.2, -0.15) is 4.98 Å². The minimum atomic E-state index is 0.204. The van der Waals surface area contributed by atoms with E-state index in [1.165, 1.54) is 0 Å². The Labute approximate surface area is 115 Å². The highest BCUT2D eigenvalue weighted by atomic mass is 32.2. The summed E-state index contributed by atoms with van der Waals surface area (Å²) in [6, 6.07) is 3.80. The van der Waals surface area contributed by atoms with Crippen LogP contribution in [0.4, 0.5) is 0 Å². The first kappa shape index (κ1) is 13.7. The largest absolute Gasteiger partial charge is 0.492 e. The molecule has 0 spiro atoms. The van der Waals surface area contributed by atoms with Crippen molar-refractivity contribution >= 4 is 11.8 Å². The molecular formula is C12H15N3O3S. The molecule has 0 aliphatic carbocycles. The van der Waals surface area contributed by atoms with Gasteiger partial charge in [-0.15, -0.1) is 11.8 Å². The maximum atomic E-state index is 5.46. The molecule has 0 radical (unpaired) electrons. The molecule has 2 aromatic rings. The number of hydrogen-bond donors (Lipinski definition) is 1. The lowest BCUT2D eigenvalue weighted by atomic mass is 10.1. The molecule has 0 amide bonds. The lowest BCUT2D eigenvalue weighted by Gasteiger charge is -2.13. The lowest BCUT2D eigenvalue weighted by molar-refractivity contribution is 0.348. The van der Waals surface area contributed by atoms with Crippen molar-refractivity contribution in [3.8, 4) is 22.9 Å². The van der Waals surface area contributed by atoms with Gasteiger partial charge in [-0.1, -0.05) is 5.16 Å². The molecule has 0 aliphatic heterocycles. The second kappa shape index (κ2) is 5.94. The molecule has 0 bridgehead atoms. The summed E-state index contributed by atoms with van der Waals surface area (Å²) < 4.78 is 15.8. The number of aromatic nitrogens is 2. The minimum absolute atomic E-state index is 0.204. The number of rotatable bonds is 5. The molecule has 0 unspecified atom stereocenters. The highest BCUT2D eigenvalue weighted by molar-refractivity contribution is 7.98. The van der Waals surface area contributed by atoms with Gasteiger partial charge in [0.15, 0.2) is 11.5 Å². The fourth-order valence-electron chi connectivity index (χ4n) is 1.72. The zero-order valence-corrected chi connectivity index (χ0v) is 11.8. The summed E-state index contributed by atoms with van der Waals surface area (Å²) in [4.78, 5) is 5.17. The summed E-state index contributed by atoms with van der Waals surface area (Å²) in [5.41, 5.74) is 6.17. The second-order valence-corrected chi connectivity index (χ2v) is 4.45. The van der Waals surface area contributed by atoms with Crippen LogP contribution in [-0.4, -0.2) is 30.6 Å². The molecule has 7 heteroatoms. The molecule has 0 saturated heterocycles. The number of ether oxygens (including phenoxy) is 2. The third kappa shape index (κ3) is 2.52. The Balaban J connectivity index is 2.56. The first-order valence-corrected chi connectivity index (χ1v) is 6.79. The summed E-state index contributed by atoms with van der Waals surface area (Å²) >= 11 is 1.57. The predicted molar refractivity (Wildman–Crippen MR) is 72.5 cm³/mol. The van der Waals surface area contributed by atoms with Gasteiger partial charge in [0.1, 0.15) is 0 Å². The van der Waals surface area contributed by atoms with Crippen LogP contribution in [0.3, 0.4) is 0 Å². The summed E-state index contributed by atoms with van der Waals surface area (Å²) in [7, 11) is 3.18. The van der Waals surface area contributed by atoms with E-state index in [1.807, 2.05) is 18.4 Å². The molecule has 19 heavy (non-hydrogen) atoms. The molecule has 0 aliphatic rings. The first-order valence-electron chi connectivity index (χ1n) is 5.57. The van der Waals surface area contributed by atoms with Gasteiger partial charge in [-0.25, -0.2) is 0 Å². The number of nitrogens with two attached hydrogens (primary N) is 1. The second-order valence-electron chi connectivity index (χ2n) is 3.60. The molecule has 2 N–H and O–H groups in total. The Morgan fingerprint density at radius 2 is 2.00 bits per heavy atom. The van der Waals surface area contributed by atoms with Crippen molar-refractivity contribution in [3.05, 3.63) is 18.0 Å². The molecule has 1 aromatic heterocycles. The Morgan fingerprint density at radius 3 is 2.53 bits per heavy atom. The molecule has 2 rings (SSSR count). The molecule has 0 saturated carbocycles. The fourth-order valence-corrected chi connectivity index (χ4v) is 2.29. The van der Waals surface area contributed by atoms with Crippen LogP contribution in [0.2, 0.25) is 0 Å². The van der Waals surface area contributed by atoms with E-state index < -0.39 is 0 Å². The third-order valence-corrected chi connectivity index (χ3v) is 3.35. The summed E-state index contributed by atoms with van der Waals surface area (Å²) in [5.74, 6) is 2.05. The van der Waals surface area contributed by atoms with Crippen LogP contribution in [0.1, 0.15) is 5.89 Å². The topological polar surface area (TPSA) is 83.4 Å². The lowest BCUT2D eigenvalue weighted by Crippen LogP contribution is -1.97. The van der Waals surface area contributed by atoms with E-state index >= 15 is 0 Å². The van der Waals surface area contributed by atoms with Crippen LogP contribution in [-0.2, 0) is 6.54 Å². The van der Waals surface area contributed by atoms with E-state index in [4.69, 9.17) is 19.7 Å². The number of nitrogens with zero attached hydrogens (tertiary/aromatic N) is 2. The van der Waals surface area contributed by atoms with Crippen molar-refractivity contribution in [2.75, 3.05) is 20.5 Å². The van der Waals surface area contributed by atoms with E-state index in [9.17, 15) is 0 Å². The third-order valence-electron chi connectivity index (χ3n) is 2.59. The number of benzene rings is 1. The summed E-state index contributed by atoms with van der Waals surface area (Å²) in [6.07, 6.45) is 1.97. The van der Waals surface area contributed by atoms with Gasteiger partial charge in [-0.05, 0) is 18.4 Å². The zero-order valence-electron chi connectivity index (χ0n) is 11.0. The fraction of sp³-hybridized carbons (Fsp3) is 0.333. The number of methoxy groups -OCH3 is 2. The van der Waals surface area contributed by atoms with Crippen LogP contribution >= 0.6 is 11.8 Å². The van der Waals surface area contributed by atoms with Crippen molar-refractivity contribution < 1.29 is 14.0 Å². The molecule has 0 atom stereocenters. The van der Waals surface area contributed by atoms with Crippen LogP contribution in [0.25, 0.3) is 11.4 Å². The average Bonchev–Trinajstić information content (AvgIpc) is 2.94. The van der Waals surface area contributed by atoms with Gasteiger partial charge >= 0.3 is 0 Å². The van der Waals surface area contributed by atoms with Gasteiger partial charge in [0.05, 0.1) is 31.2 Å². The normalized spacial score (nSPS) is 10.5. The first-order chi connectivity index (χ1) is 9.24. The van der Waals surface area contributed by atoms with E-state index in [0.717, 1.165) is 4.90 Å². The molecule has 0 fully saturated rings. The number of thioether (sulfide) groups is 1. The van der Waals surface area contributed by atoms with Gasteiger partial charge in [0.25, 0.3) is 0 Å². The summed E-state index contributed by atoms with van der Waals surface area (Å²) in [6.45, 7) is 0.204. The Morgan fingerprint density at radius 1 is 1.26 bits per heavy atom. The van der Waals surface area contributed by atoms with Crippen molar-refractivity contribution in [2.45, 2.75) is 11.4 Å². The Bertz CT molecular complexity index is 571. The monoisotopic (exact) mass is 281 g/mol. The van der Waals surface area contributed by atoms with E-state index in [0.29, 0.717) is 28.8 Å². The molecule has 6 nitrogen and oxygen atoms in total. The maximum Gasteiger partial charge on any atom is 0.240 e. The standard InChI is InChI=1S/C12H15N3O3S/c1-16-10-7(12-14-9(6-13)18-15-12)4-5-8(19-3)11(10)17-2/h4-5H,6,13H2,1-3H3. The Hall–Kier alpha value is -1.73. The SMILES string of the molecule is COc1c(SC)ccc(-c2noc(CN)n2)c1OC. The minimum Gasteiger partial charge on any atom is -0.492 e.